The third-order valence-corrected chi connectivity index (χ3v) is 0.706. The molecule has 0 aliphatic rings. The van der Waals surface area contributed by atoms with E-state index in [1.54, 1.807) is 0 Å². The third kappa shape index (κ3) is 28.9. The first-order valence-electron chi connectivity index (χ1n) is 2.38. The van der Waals surface area contributed by atoms with Crippen LogP contribution in [0.1, 0.15) is 20.3 Å². The molecule has 0 aromatic heterocycles. The van der Waals surface area contributed by atoms with Crippen LogP contribution in [0, 0.1) is 5.92 Å². The molecule has 0 bridgehead atoms. The van der Waals surface area contributed by atoms with Crippen LogP contribution in [0.25, 0.3) is 0 Å². The minimum Gasteiger partial charge on any atom is -0.870 e. The Morgan fingerprint density at radius 3 is 1.56 bits per heavy atom. The van der Waals surface area contributed by atoms with Gasteiger partial charge in [-0.25, -0.2) is 0 Å². The molecule has 4 heteroatoms. The van der Waals surface area contributed by atoms with Gasteiger partial charge in [0.15, 0.2) is 0 Å². The molecule has 0 radical (unpaired) electrons. The van der Waals surface area contributed by atoms with Gasteiger partial charge >= 0.3 is 21.7 Å². The maximum atomic E-state index is 8.24. The van der Waals surface area contributed by atoms with Gasteiger partial charge in [-0.15, -0.1) is 0 Å². The van der Waals surface area contributed by atoms with Gasteiger partial charge in [0.1, 0.15) is 0 Å². The minimum atomic E-state index is 0. The SMILES string of the molecule is CC(C)CCO.[OH-].[OH-].[Ti+4]. The van der Waals surface area contributed by atoms with Crippen LogP contribution in [0.15, 0.2) is 0 Å². The van der Waals surface area contributed by atoms with E-state index in [1.807, 2.05) is 0 Å². The molecule has 0 atom stereocenters. The van der Waals surface area contributed by atoms with Crippen LogP contribution >= 0.6 is 0 Å². The van der Waals surface area contributed by atoms with E-state index in [0.29, 0.717) is 12.5 Å². The smallest absolute Gasteiger partial charge is 0.870 e. The van der Waals surface area contributed by atoms with Gasteiger partial charge in [-0.3, -0.25) is 0 Å². The van der Waals surface area contributed by atoms with E-state index in [0.717, 1.165) is 6.42 Å². The summed E-state index contributed by atoms with van der Waals surface area (Å²) in [7, 11) is 0. The van der Waals surface area contributed by atoms with Crippen molar-refractivity contribution < 1.29 is 37.8 Å². The van der Waals surface area contributed by atoms with Crippen LogP contribution in [0.4, 0.5) is 0 Å². The van der Waals surface area contributed by atoms with Crippen molar-refractivity contribution in [2.24, 2.45) is 5.92 Å². The molecule has 0 aromatic carbocycles. The fourth-order valence-electron chi connectivity index (χ4n) is 0.258. The predicted octanol–water partition coefficient (Wildman–Crippen LogP) is 0.669. The second-order valence-electron chi connectivity index (χ2n) is 1.91. The van der Waals surface area contributed by atoms with Gasteiger partial charge in [-0.05, 0) is 12.3 Å². The van der Waals surface area contributed by atoms with E-state index in [4.69, 9.17) is 5.11 Å². The van der Waals surface area contributed by atoms with Crippen molar-refractivity contribution in [2.75, 3.05) is 6.61 Å². The molecule has 0 saturated heterocycles. The molecule has 3 N–H and O–H groups in total. The van der Waals surface area contributed by atoms with E-state index in [9.17, 15) is 0 Å². The molecule has 0 rings (SSSR count). The van der Waals surface area contributed by atoms with Crippen molar-refractivity contribution in [3.8, 4) is 0 Å². The number of rotatable bonds is 2. The Balaban J connectivity index is -0.0000000417. The van der Waals surface area contributed by atoms with Crippen molar-refractivity contribution >= 4 is 0 Å². The fraction of sp³-hybridized carbons (Fsp3) is 1.00. The first-order chi connectivity index (χ1) is 2.77. The van der Waals surface area contributed by atoms with Crippen molar-refractivity contribution in [3.63, 3.8) is 0 Å². The van der Waals surface area contributed by atoms with Gasteiger partial charge in [0.2, 0.25) is 0 Å². The summed E-state index contributed by atoms with van der Waals surface area (Å²) in [4.78, 5) is 0. The first-order valence-corrected chi connectivity index (χ1v) is 2.38. The minimum absolute atomic E-state index is 0. The van der Waals surface area contributed by atoms with Crippen LogP contribution in [0.3, 0.4) is 0 Å². The number of aliphatic hydroxyl groups excluding tert-OH is 1. The monoisotopic (exact) mass is 170 g/mol. The second kappa shape index (κ2) is 15.8. The van der Waals surface area contributed by atoms with Crippen molar-refractivity contribution in [2.45, 2.75) is 20.3 Å². The molecule has 0 saturated carbocycles. The summed E-state index contributed by atoms with van der Waals surface area (Å²) in [5, 5.41) is 8.24. The Morgan fingerprint density at radius 1 is 1.22 bits per heavy atom. The molecule has 0 amide bonds. The van der Waals surface area contributed by atoms with Crippen LogP contribution in [0.2, 0.25) is 0 Å². The number of aliphatic hydroxyl groups is 1. The van der Waals surface area contributed by atoms with Gasteiger partial charge < -0.3 is 16.1 Å². The van der Waals surface area contributed by atoms with Gasteiger partial charge in [0.25, 0.3) is 0 Å². The Morgan fingerprint density at radius 2 is 1.56 bits per heavy atom. The normalized spacial score (nSPS) is 6.67. The third-order valence-electron chi connectivity index (χ3n) is 0.706. The molecular weight excluding hydrogens is 156 g/mol. The van der Waals surface area contributed by atoms with E-state index in [-0.39, 0.29) is 32.7 Å². The summed E-state index contributed by atoms with van der Waals surface area (Å²) in [6.07, 6.45) is 0.931. The molecule has 0 heterocycles. The summed E-state index contributed by atoms with van der Waals surface area (Å²) < 4.78 is 0. The van der Waals surface area contributed by atoms with Crippen LogP contribution in [0.5, 0.6) is 0 Å². The first kappa shape index (κ1) is 22.6. The van der Waals surface area contributed by atoms with Gasteiger partial charge in [-0.1, -0.05) is 13.8 Å². The molecule has 0 aromatic rings. The molecule has 0 fully saturated rings. The zero-order chi connectivity index (χ0) is 4.99. The molecule has 0 aliphatic carbocycles. The maximum absolute atomic E-state index is 8.24. The predicted molar refractivity (Wildman–Crippen MR) is 30.4 cm³/mol. The zero-order valence-corrected chi connectivity index (χ0v) is 7.39. The Hall–Kier alpha value is 0.594. The van der Waals surface area contributed by atoms with Crippen molar-refractivity contribution in [1.82, 2.24) is 0 Å². The van der Waals surface area contributed by atoms with E-state index in [1.165, 1.54) is 0 Å². The summed E-state index contributed by atoms with van der Waals surface area (Å²) in [5.74, 6) is 0.648. The fourth-order valence-corrected chi connectivity index (χ4v) is 0.258. The van der Waals surface area contributed by atoms with Crippen molar-refractivity contribution in [3.05, 3.63) is 0 Å². The Labute approximate surface area is 71.0 Å². The van der Waals surface area contributed by atoms with Crippen LogP contribution < -0.4 is 0 Å². The quantitative estimate of drug-likeness (QED) is 0.618. The molecule has 0 spiro atoms. The van der Waals surface area contributed by atoms with Gasteiger partial charge in [-0.2, -0.15) is 0 Å². The van der Waals surface area contributed by atoms with E-state index < -0.39 is 0 Å². The molecule has 0 unspecified atom stereocenters. The van der Waals surface area contributed by atoms with Crippen LogP contribution in [-0.4, -0.2) is 22.7 Å². The summed E-state index contributed by atoms with van der Waals surface area (Å²) in [6, 6.07) is 0. The van der Waals surface area contributed by atoms with E-state index >= 15 is 0 Å². The average Bonchev–Trinajstić information content (AvgIpc) is 1.35. The Kier molecular flexibility index (Phi) is 39.8. The zero-order valence-electron chi connectivity index (χ0n) is 5.83. The average molecular weight is 170 g/mol. The second-order valence-corrected chi connectivity index (χ2v) is 1.91. The maximum Gasteiger partial charge on any atom is 4.00 e. The number of hydrogen-bond acceptors (Lipinski definition) is 3. The van der Waals surface area contributed by atoms with Gasteiger partial charge in [0, 0.05) is 6.61 Å². The summed E-state index contributed by atoms with van der Waals surface area (Å²) >= 11 is 0. The van der Waals surface area contributed by atoms with E-state index in [2.05, 4.69) is 13.8 Å². The largest absolute Gasteiger partial charge is 4.00 e. The number of hydrogen-bond donors (Lipinski definition) is 1. The standard InChI is InChI=1S/C5H12O.2H2O.Ti/c1-5(2)3-4-6;;;/h5-6H,3-4H2,1-2H3;2*1H2;/q;;;+4/p-2. The van der Waals surface area contributed by atoms with Crippen LogP contribution in [-0.2, 0) is 21.7 Å². The molecule has 54 valence electrons. The molecule has 0 aliphatic heterocycles. The van der Waals surface area contributed by atoms with Gasteiger partial charge in [0.05, 0.1) is 0 Å². The molecular formula is C5H14O3Ti+2. The topological polar surface area (TPSA) is 80.2 Å². The summed E-state index contributed by atoms with van der Waals surface area (Å²) in [6.45, 7) is 4.52. The van der Waals surface area contributed by atoms with Crippen molar-refractivity contribution in [1.29, 1.82) is 0 Å². The molecule has 9 heavy (non-hydrogen) atoms. The summed E-state index contributed by atoms with van der Waals surface area (Å²) in [5.41, 5.74) is 0. The molecule has 3 nitrogen and oxygen atoms in total. The Bertz CT molecular complexity index is 33.4.